The normalized spacial score (nSPS) is 19.4. The molecule has 148 valence electrons. The molecule has 0 saturated carbocycles. The molecule has 3 N–H and O–H groups in total. The highest BCUT2D eigenvalue weighted by molar-refractivity contribution is 5.94. The van der Waals surface area contributed by atoms with Gasteiger partial charge in [-0.05, 0) is 34.5 Å². The van der Waals surface area contributed by atoms with E-state index in [4.69, 9.17) is 0 Å². The van der Waals surface area contributed by atoms with Crippen LogP contribution in [0.15, 0.2) is 78.9 Å². The van der Waals surface area contributed by atoms with Crippen molar-refractivity contribution in [3.05, 3.63) is 84.4 Å². The number of hydrogen-bond acceptors (Lipinski definition) is 1. The molecule has 3 aromatic rings. The first kappa shape index (κ1) is 19.4. The number of amides is 1. The Balaban J connectivity index is 1.21. The van der Waals surface area contributed by atoms with Gasteiger partial charge in [-0.1, -0.05) is 66.7 Å². The monoisotopic (exact) mass is 387 g/mol. The third-order valence-electron chi connectivity index (χ3n) is 5.62. The lowest BCUT2D eigenvalue weighted by Crippen LogP contribution is -3.28. The van der Waals surface area contributed by atoms with Crippen molar-refractivity contribution in [3.63, 3.8) is 0 Å². The van der Waals surface area contributed by atoms with Crippen molar-refractivity contribution in [1.82, 2.24) is 0 Å². The molecule has 3 aromatic carbocycles. The average molecular weight is 388 g/mol. The predicted molar refractivity (Wildman–Crippen MR) is 119 cm³/mol. The molecule has 0 aliphatic carbocycles. The predicted octanol–water partition coefficient (Wildman–Crippen LogP) is 1.28. The van der Waals surface area contributed by atoms with Gasteiger partial charge in [-0.2, -0.15) is 0 Å². The minimum absolute atomic E-state index is 0.0997. The van der Waals surface area contributed by atoms with Crippen LogP contribution in [0.2, 0.25) is 0 Å². The van der Waals surface area contributed by atoms with Crippen LogP contribution in [-0.4, -0.2) is 45.2 Å². The summed E-state index contributed by atoms with van der Waals surface area (Å²) in [5.74, 6) is 0.0997. The van der Waals surface area contributed by atoms with Gasteiger partial charge in [-0.25, -0.2) is 0 Å². The van der Waals surface area contributed by atoms with Gasteiger partial charge in [-0.3, -0.25) is 4.79 Å². The largest absolute Gasteiger partial charge is 0.322 e. The zero-order valence-corrected chi connectivity index (χ0v) is 16.7. The van der Waals surface area contributed by atoms with Gasteiger partial charge in [0.25, 0.3) is 5.91 Å². The summed E-state index contributed by atoms with van der Waals surface area (Å²) in [6.07, 6.45) is 4.46. The Hall–Kier alpha value is -2.95. The molecule has 4 nitrogen and oxygen atoms in total. The second-order valence-corrected chi connectivity index (χ2v) is 7.80. The van der Waals surface area contributed by atoms with Gasteiger partial charge in [0, 0.05) is 5.69 Å². The van der Waals surface area contributed by atoms with E-state index in [0.29, 0.717) is 6.54 Å². The van der Waals surface area contributed by atoms with Crippen molar-refractivity contribution in [2.75, 3.05) is 44.6 Å². The van der Waals surface area contributed by atoms with Gasteiger partial charge < -0.3 is 15.1 Å². The molecule has 4 rings (SSSR count). The lowest BCUT2D eigenvalue weighted by molar-refractivity contribution is -1.01. The summed E-state index contributed by atoms with van der Waals surface area (Å²) in [6.45, 7) is 5.89. The van der Waals surface area contributed by atoms with Gasteiger partial charge >= 0.3 is 0 Å². The Labute approximate surface area is 172 Å². The second-order valence-electron chi connectivity index (χ2n) is 7.80. The first-order valence-corrected chi connectivity index (χ1v) is 10.4. The number of anilines is 1. The third kappa shape index (κ3) is 5.53. The Bertz CT molecular complexity index is 976. The molecule has 0 aromatic heterocycles. The van der Waals surface area contributed by atoms with E-state index in [1.807, 2.05) is 30.3 Å². The molecule has 1 saturated heterocycles. The van der Waals surface area contributed by atoms with Crippen LogP contribution in [0.25, 0.3) is 16.8 Å². The van der Waals surface area contributed by atoms with Crippen molar-refractivity contribution in [2.24, 2.45) is 0 Å². The maximum atomic E-state index is 12.5. The summed E-state index contributed by atoms with van der Waals surface area (Å²) in [7, 11) is 0. The molecule has 4 heteroatoms. The van der Waals surface area contributed by atoms with Gasteiger partial charge in [0.05, 0.1) is 6.54 Å². The number of nitrogens with one attached hydrogen (secondary N) is 3. The molecule has 0 atom stereocenters. The number of quaternary nitrogens is 2. The quantitative estimate of drug-likeness (QED) is 0.586. The molecule has 0 radical (unpaired) electrons. The van der Waals surface area contributed by atoms with Crippen molar-refractivity contribution in [1.29, 1.82) is 0 Å². The van der Waals surface area contributed by atoms with Crippen LogP contribution >= 0.6 is 0 Å². The van der Waals surface area contributed by atoms with E-state index < -0.39 is 0 Å². The van der Waals surface area contributed by atoms with Gasteiger partial charge in [0.15, 0.2) is 6.54 Å². The Morgan fingerprint density at radius 3 is 2.31 bits per heavy atom. The third-order valence-corrected chi connectivity index (χ3v) is 5.62. The standard InChI is InChI=1S/C25H27N3O/c29-25(26-24-13-12-22-10-4-5-11-23(22)19-24)20-28-17-15-27(16-18-28)14-6-9-21-7-2-1-3-8-21/h1-13,19H,14-18,20H2,(H,26,29)/p+2/b9-6+. The summed E-state index contributed by atoms with van der Waals surface area (Å²) in [5.41, 5.74) is 2.13. The summed E-state index contributed by atoms with van der Waals surface area (Å²) in [4.78, 5) is 15.4. The van der Waals surface area contributed by atoms with E-state index >= 15 is 0 Å². The van der Waals surface area contributed by atoms with E-state index in [1.54, 1.807) is 4.90 Å². The Morgan fingerprint density at radius 1 is 0.828 bits per heavy atom. The first-order chi connectivity index (χ1) is 14.3. The number of carbonyl (C=O) groups excluding carboxylic acids is 1. The summed E-state index contributed by atoms with van der Waals surface area (Å²) >= 11 is 0. The molecule has 0 unspecified atom stereocenters. The highest BCUT2D eigenvalue weighted by atomic mass is 16.2. The topological polar surface area (TPSA) is 38.0 Å². The van der Waals surface area contributed by atoms with E-state index in [0.717, 1.165) is 43.8 Å². The van der Waals surface area contributed by atoms with Crippen LogP contribution in [0, 0.1) is 0 Å². The number of piperazine rings is 1. The van der Waals surface area contributed by atoms with Crippen LogP contribution in [-0.2, 0) is 4.79 Å². The molecule has 1 amide bonds. The van der Waals surface area contributed by atoms with E-state index in [9.17, 15) is 4.79 Å². The molecular weight excluding hydrogens is 358 g/mol. The average Bonchev–Trinajstić information content (AvgIpc) is 2.75. The molecule has 0 spiro atoms. The van der Waals surface area contributed by atoms with E-state index in [1.165, 1.54) is 15.8 Å². The second kappa shape index (κ2) is 9.50. The summed E-state index contributed by atoms with van der Waals surface area (Å²) in [6, 6.07) is 24.7. The summed E-state index contributed by atoms with van der Waals surface area (Å²) < 4.78 is 0. The molecular formula is C25H29N3O+2. The fourth-order valence-corrected chi connectivity index (χ4v) is 3.96. The van der Waals surface area contributed by atoms with Crippen molar-refractivity contribution >= 4 is 28.4 Å². The maximum Gasteiger partial charge on any atom is 0.279 e. The number of rotatable bonds is 6. The number of fused-ring (bicyclic) bond motifs is 1. The lowest BCUT2D eigenvalue weighted by atomic mass is 10.1. The number of hydrogen-bond donors (Lipinski definition) is 3. The van der Waals surface area contributed by atoms with Crippen molar-refractivity contribution in [3.8, 4) is 0 Å². The van der Waals surface area contributed by atoms with Crippen molar-refractivity contribution < 1.29 is 14.6 Å². The molecule has 29 heavy (non-hydrogen) atoms. The van der Waals surface area contributed by atoms with Crippen LogP contribution in [0.3, 0.4) is 0 Å². The minimum Gasteiger partial charge on any atom is -0.322 e. The van der Waals surface area contributed by atoms with Gasteiger partial charge in [0.1, 0.15) is 26.2 Å². The number of carbonyl (C=O) groups is 1. The highest BCUT2D eigenvalue weighted by Gasteiger charge is 2.24. The van der Waals surface area contributed by atoms with Gasteiger partial charge in [0.2, 0.25) is 0 Å². The van der Waals surface area contributed by atoms with Crippen LogP contribution in [0.4, 0.5) is 5.69 Å². The fraction of sp³-hybridized carbons (Fsp3) is 0.240. The van der Waals surface area contributed by atoms with Crippen molar-refractivity contribution in [2.45, 2.75) is 0 Å². The zero-order valence-electron chi connectivity index (χ0n) is 16.7. The van der Waals surface area contributed by atoms with Gasteiger partial charge in [-0.15, -0.1) is 0 Å². The first-order valence-electron chi connectivity index (χ1n) is 10.4. The molecule has 0 bridgehead atoms. The zero-order chi connectivity index (χ0) is 19.9. The van der Waals surface area contributed by atoms with E-state index in [-0.39, 0.29) is 5.91 Å². The van der Waals surface area contributed by atoms with Crippen LogP contribution in [0.1, 0.15) is 5.56 Å². The molecule has 1 fully saturated rings. The smallest absolute Gasteiger partial charge is 0.279 e. The van der Waals surface area contributed by atoms with Crippen LogP contribution in [0.5, 0.6) is 0 Å². The molecule has 1 aliphatic rings. The summed E-state index contributed by atoms with van der Waals surface area (Å²) in [5, 5.41) is 5.41. The minimum atomic E-state index is 0.0997. The number of benzene rings is 3. The highest BCUT2D eigenvalue weighted by Crippen LogP contribution is 2.18. The maximum absolute atomic E-state index is 12.5. The Morgan fingerprint density at radius 2 is 1.52 bits per heavy atom. The van der Waals surface area contributed by atoms with E-state index in [2.05, 4.69) is 59.9 Å². The lowest BCUT2D eigenvalue weighted by Gasteiger charge is -2.28. The SMILES string of the molecule is O=C(C[NH+]1CC[NH+](C/C=C/c2ccccc2)CC1)Nc1ccc2ccccc2c1. The Kier molecular flexibility index (Phi) is 6.35. The fourth-order valence-electron chi connectivity index (χ4n) is 3.96. The molecule has 1 aliphatic heterocycles. The molecule has 1 heterocycles. The van der Waals surface area contributed by atoms with Crippen LogP contribution < -0.4 is 15.1 Å².